The quantitative estimate of drug-likeness (QED) is 0.0902. The highest BCUT2D eigenvalue weighted by Gasteiger charge is 2.50. The van der Waals surface area contributed by atoms with Gasteiger partial charge in [0.15, 0.2) is 16.8 Å². The van der Waals surface area contributed by atoms with Crippen LogP contribution >= 0.6 is 11.8 Å². The van der Waals surface area contributed by atoms with E-state index >= 15 is 8.78 Å². The molecule has 3 aromatic carbocycles. The highest BCUT2D eigenvalue weighted by molar-refractivity contribution is 7.98. The van der Waals surface area contributed by atoms with E-state index in [0.29, 0.717) is 23.8 Å². The summed E-state index contributed by atoms with van der Waals surface area (Å²) in [7, 11) is -3.05. The van der Waals surface area contributed by atoms with Crippen molar-refractivity contribution in [3.05, 3.63) is 107 Å². The first-order valence-corrected chi connectivity index (χ1v) is 18.2. The van der Waals surface area contributed by atoms with E-state index < -0.39 is 31.3 Å². The number of rotatable bonds is 9. The number of morpholine rings is 1. The van der Waals surface area contributed by atoms with Crippen molar-refractivity contribution in [2.24, 2.45) is 0 Å². The Hall–Kier alpha value is -3.44. The minimum atomic E-state index is -3.05. The summed E-state index contributed by atoms with van der Waals surface area (Å²) >= 11 is 1.26. The highest BCUT2D eigenvalue weighted by Crippen LogP contribution is 2.39. The first-order valence-electron chi connectivity index (χ1n) is 15.0. The molecule has 5 rings (SSSR count). The summed E-state index contributed by atoms with van der Waals surface area (Å²) < 4.78 is 45.4. The van der Waals surface area contributed by atoms with Crippen LogP contribution in [0.5, 0.6) is 0 Å². The van der Waals surface area contributed by atoms with E-state index in [1.165, 1.54) is 30.1 Å². The van der Waals surface area contributed by atoms with Gasteiger partial charge in [-0.1, -0.05) is 93.2 Å². The number of aromatic nitrogens is 2. The average Bonchev–Trinajstić information content (AvgIpc) is 3.02. The van der Waals surface area contributed by atoms with Gasteiger partial charge in [0.1, 0.15) is 5.69 Å². The van der Waals surface area contributed by atoms with Crippen LogP contribution < -0.4 is 15.3 Å². The third-order valence-corrected chi connectivity index (χ3v) is 13.7. The number of anilines is 1. The molecule has 1 aliphatic rings. The Morgan fingerprint density at radius 2 is 1.56 bits per heavy atom. The summed E-state index contributed by atoms with van der Waals surface area (Å²) in [6, 6.07) is 23.1. The lowest BCUT2D eigenvalue weighted by Gasteiger charge is -2.43. The van der Waals surface area contributed by atoms with E-state index in [2.05, 4.69) is 55.0 Å². The van der Waals surface area contributed by atoms with Crippen LogP contribution in [0.1, 0.15) is 56.2 Å². The third-order valence-electron chi connectivity index (χ3n) is 8.15. The van der Waals surface area contributed by atoms with Gasteiger partial charge in [0.05, 0.1) is 30.1 Å². The van der Waals surface area contributed by atoms with Crippen molar-refractivity contribution in [3.8, 4) is 0 Å². The number of carbonyl (C=O) groups excluding carboxylic acids is 1. The topological polar surface area (TPSA) is 64.5 Å². The monoisotopic (exact) mass is 647 g/mol. The summed E-state index contributed by atoms with van der Waals surface area (Å²) in [5.74, 6) is -3.01. The number of halogens is 2. The molecule has 0 aliphatic carbocycles. The predicted molar refractivity (Wildman–Crippen MR) is 178 cm³/mol. The summed E-state index contributed by atoms with van der Waals surface area (Å²) in [6.07, 6.45) is 2.82. The maximum atomic E-state index is 16.4. The van der Waals surface area contributed by atoms with E-state index in [4.69, 9.17) is 9.16 Å². The molecular weight excluding hydrogens is 609 g/mol. The van der Waals surface area contributed by atoms with Crippen molar-refractivity contribution in [3.63, 3.8) is 0 Å². The van der Waals surface area contributed by atoms with Crippen LogP contribution in [0.2, 0.25) is 5.04 Å². The fraction of sp³-hybridized carbons (Fsp3) is 0.343. The second kappa shape index (κ2) is 13.5. The number of ketones is 1. The molecule has 1 aromatic heterocycles. The molecule has 2 unspecified atom stereocenters. The molecule has 4 aromatic rings. The standard InChI is InChI=1S/C35H39F2N3O3SSi/c1-23-20-40(21-24(2)43-23)32-25(19-28(30(36)31(32)37)33(41)29-17-18-38-34(39-29)44-6)22-42-45(35(3,4)5,26-13-9-7-10-14-26)27-15-11-8-12-16-27/h7-19,23-24H,20-22H2,1-6H3. The van der Waals surface area contributed by atoms with Crippen LogP contribution in [-0.2, 0) is 15.8 Å². The number of thioether (sulfide) groups is 1. The number of nitrogens with zero attached hydrogens (tertiary/aromatic N) is 3. The molecule has 2 atom stereocenters. The Labute approximate surface area is 269 Å². The Morgan fingerprint density at radius 3 is 2.09 bits per heavy atom. The lowest BCUT2D eigenvalue weighted by molar-refractivity contribution is -0.00553. The van der Waals surface area contributed by atoms with Gasteiger partial charge in [-0.2, -0.15) is 0 Å². The molecule has 0 radical (unpaired) electrons. The fourth-order valence-electron chi connectivity index (χ4n) is 6.30. The van der Waals surface area contributed by atoms with E-state index in [1.54, 1.807) is 6.26 Å². The minimum Gasteiger partial charge on any atom is -0.403 e. The number of hydrogen-bond acceptors (Lipinski definition) is 7. The maximum absolute atomic E-state index is 16.4. The van der Waals surface area contributed by atoms with Gasteiger partial charge in [0, 0.05) is 24.8 Å². The van der Waals surface area contributed by atoms with Gasteiger partial charge >= 0.3 is 0 Å². The zero-order valence-electron chi connectivity index (χ0n) is 26.5. The SMILES string of the molecule is CSc1nccc(C(=O)c2cc(CO[Si](c3ccccc3)(c3ccccc3)C(C)(C)C)c(N3CC(C)OC(C)C3)c(F)c2F)n1. The molecule has 6 nitrogen and oxygen atoms in total. The summed E-state index contributed by atoms with van der Waals surface area (Å²) in [6.45, 7) is 11.0. The zero-order valence-corrected chi connectivity index (χ0v) is 28.3. The van der Waals surface area contributed by atoms with Crippen molar-refractivity contribution in [1.29, 1.82) is 0 Å². The van der Waals surface area contributed by atoms with Crippen LogP contribution in [0.4, 0.5) is 14.5 Å². The van der Waals surface area contributed by atoms with Gasteiger partial charge in [-0.05, 0) is 47.6 Å². The maximum Gasteiger partial charge on any atom is 0.261 e. The van der Waals surface area contributed by atoms with Gasteiger partial charge in [0.2, 0.25) is 5.78 Å². The lowest BCUT2D eigenvalue weighted by atomic mass is 10.0. The van der Waals surface area contributed by atoms with E-state index in [-0.39, 0.29) is 35.2 Å². The number of carbonyl (C=O) groups is 1. The molecule has 0 amide bonds. The first kappa shape index (κ1) is 32.9. The van der Waals surface area contributed by atoms with Crippen LogP contribution in [0.3, 0.4) is 0 Å². The highest BCUT2D eigenvalue weighted by atomic mass is 32.2. The third kappa shape index (κ3) is 6.60. The van der Waals surface area contributed by atoms with Crippen LogP contribution in [0, 0.1) is 11.6 Å². The molecule has 1 fully saturated rings. The van der Waals surface area contributed by atoms with Crippen LogP contribution in [-0.4, -0.2) is 55.6 Å². The fourth-order valence-corrected chi connectivity index (χ4v) is 11.2. The molecule has 0 bridgehead atoms. The predicted octanol–water partition coefficient (Wildman–Crippen LogP) is 6.40. The Bertz CT molecular complexity index is 1600. The van der Waals surface area contributed by atoms with Crippen LogP contribution in [0.15, 0.2) is 84.1 Å². The largest absolute Gasteiger partial charge is 0.403 e. The molecule has 10 heteroatoms. The zero-order chi connectivity index (χ0) is 32.4. The van der Waals surface area contributed by atoms with Crippen molar-refractivity contribution in [2.75, 3.05) is 24.2 Å². The summed E-state index contributed by atoms with van der Waals surface area (Å²) in [4.78, 5) is 23.8. The summed E-state index contributed by atoms with van der Waals surface area (Å²) in [5, 5.41) is 2.14. The lowest BCUT2D eigenvalue weighted by Crippen LogP contribution is -2.66. The number of ether oxygens (including phenoxy) is 1. The van der Waals surface area contributed by atoms with E-state index in [9.17, 15) is 4.79 Å². The Balaban J connectivity index is 1.68. The second-order valence-electron chi connectivity index (χ2n) is 12.4. The molecule has 236 valence electrons. The number of hydrogen-bond donors (Lipinski definition) is 0. The van der Waals surface area contributed by atoms with Crippen molar-refractivity contribution in [1.82, 2.24) is 9.97 Å². The molecule has 2 heterocycles. The van der Waals surface area contributed by atoms with Gasteiger partial charge < -0.3 is 14.1 Å². The molecule has 1 saturated heterocycles. The van der Waals surface area contributed by atoms with Gasteiger partial charge in [-0.3, -0.25) is 4.79 Å². The molecule has 1 aliphatic heterocycles. The molecule has 0 saturated carbocycles. The molecule has 45 heavy (non-hydrogen) atoms. The average molecular weight is 648 g/mol. The first-order chi connectivity index (χ1) is 21.5. The molecule has 0 N–H and O–H groups in total. The number of benzene rings is 3. The molecule has 0 spiro atoms. The second-order valence-corrected chi connectivity index (χ2v) is 17.5. The van der Waals surface area contributed by atoms with Crippen LogP contribution in [0.25, 0.3) is 0 Å². The summed E-state index contributed by atoms with van der Waals surface area (Å²) in [5.41, 5.74) is 0.0902. The van der Waals surface area contributed by atoms with Crippen molar-refractivity contribution >= 4 is 41.9 Å². The molecular formula is C35H39F2N3O3SSi. The Morgan fingerprint density at radius 1 is 0.978 bits per heavy atom. The van der Waals surface area contributed by atoms with Gasteiger partial charge in [0.25, 0.3) is 8.32 Å². The van der Waals surface area contributed by atoms with Gasteiger partial charge in [-0.15, -0.1) is 0 Å². The normalized spacial score (nSPS) is 17.4. The van der Waals surface area contributed by atoms with Crippen molar-refractivity contribution < 1.29 is 22.7 Å². The minimum absolute atomic E-state index is 0.00660. The van der Waals surface area contributed by atoms with E-state index in [1.807, 2.05) is 55.1 Å². The van der Waals surface area contributed by atoms with Crippen molar-refractivity contribution in [2.45, 2.75) is 63.6 Å². The van der Waals surface area contributed by atoms with Gasteiger partial charge in [-0.25, -0.2) is 18.7 Å². The van der Waals surface area contributed by atoms with E-state index in [0.717, 1.165) is 10.4 Å². The Kier molecular flexibility index (Phi) is 9.88. The smallest absolute Gasteiger partial charge is 0.261 e.